The maximum atomic E-state index is 12.5. The van der Waals surface area contributed by atoms with Gasteiger partial charge in [-0.05, 0) is 83.5 Å². The van der Waals surface area contributed by atoms with Gasteiger partial charge in [0.2, 0.25) is 5.91 Å². The fourth-order valence-electron chi connectivity index (χ4n) is 12.6. The molecule has 0 rings (SSSR count). The lowest BCUT2D eigenvalue weighted by atomic mass is 10.0. The molecule has 0 spiro atoms. The summed E-state index contributed by atoms with van der Waals surface area (Å²) in [5.41, 5.74) is 0. The van der Waals surface area contributed by atoms with E-state index in [1.54, 1.807) is 0 Å². The van der Waals surface area contributed by atoms with Gasteiger partial charge in [0.25, 0.3) is 0 Å². The number of ether oxygens (including phenoxy) is 1. The van der Waals surface area contributed by atoms with Crippen LogP contribution in [0.5, 0.6) is 0 Å². The molecule has 2 atom stereocenters. The molecule has 6 nitrogen and oxygen atoms in total. The quantitative estimate of drug-likeness (QED) is 0.0320. The number of hydrogen-bond acceptors (Lipinski definition) is 5. The van der Waals surface area contributed by atoms with Crippen LogP contribution in [0.1, 0.15) is 444 Å². The van der Waals surface area contributed by atoms with E-state index in [-0.39, 0.29) is 18.5 Å². The zero-order valence-electron chi connectivity index (χ0n) is 59.0. The molecule has 3 N–H and O–H groups in total. The van der Waals surface area contributed by atoms with Crippen LogP contribution in [0.2, 0.25) is 0 Å². The van der Waals surface area contributed by atoms with Crippen molar-refractivity contribution in [3.8, 4) is 0 Å². The minimum absolute atomic E-state index is 0.0116. The van der Waals surface area contributed by atoms with Crippen molar-refractivity contribution in [2.24, 2.45) is 0 Å². The standard InChI is InChI=1S/C81H155NO5/c1-3-5-7-9-11-13-15-17-18-19-43-46-50-53-57-61-65-69-73-79(84)78(77-83)82-80(85)74-70-66-62-58-54-51-47-44-41-39-37-35-33-31-29-27-25-23-21-20-22-24-26-28-30-32-34-36-38-40-42-45-48-52-56-60-64-68-72-76-87-81(86)75-71-67-63-59-55-49-16-14-12-10-8-6-4-2/h14,16,20-21,24,26,78-79,83-84H,3-13,15,17-19,22-23,25,27-77H2,1-2H3,(H,82,85)/b16-14-,21-20-,26-24-. The van der Waals surface area contributed by atoms with Gasteiger partial charge >= 0.3 is 5.97 Å². The first kappa shape index (κ1) is 85.1. The largest absolute Gasteiger partial charge is 0.466 e. The number of carbonyl (C=O) groups excluding carboxylic acids is 2. The molecule has 0 radical (unpaired) electrons. The normalized spacial score (nSPS) is 12.6. The number of esters is 1. The van der Waals surface area contributed by atoms with E-state index in [0.717, 1.165) is 51.4 Å². The monoisotopic (exact) mass is 1220 g/mol. The highest BCUT2D eigenvalue weighted by Crippen LogP contribution is 2.20. The summed E-state index contributed by atoms with van der Waals surface area (Å²) in [4.78, 5) is 24.6. The molecule has 0 aromatic carbocycles. The summed E-state index contributed by atoms with van der Waals surface area (Å²) in [5, 5.41) is 23.4. The second kappa shape index (κ2) is 76.5. The minimum atomic E-state index is -0.663. The molecule has 6 heteroatoms. The van der Waals surface area contributed by atoms with E-state index in [1.165, 1.54) is 360 Å². The van der Waals surface area contributed by atoms with E-state index in [9.17, 15) is 19.8 Å². The third kappa shape index (κ3) is 73.0. The number of carbonyl (C=O) groups is 2. The molecule has 0 saturated carbocycles. The Morgan fingerprint density at radius 1 is 0.322 bits per heavy atom. The smallest absolute Gasteiger partial charge is 0.305 e. The molecule has 0 aromatic rings. The highest BCUT2D eigenvalue weighted by Gasteiger charge is 2.20. The van der Waals surface area contributed by atoms with Crippen molar-refractivity contribution in [1.82, 2.24) is 5.32 Å². The molecule has 0 bridgehead atoms. The molecule has 0 heterocycles. The summed E-state index contributed by atoms with van der Waals surface area (Å²) in [6, 6.07) is -0.540. The van der Waals surface area contributed by atoms with Gasteiger partial charge in [-0.2, -0.15) is 0 Å². The molecule has 0 aliphatic heterocycles. The molecular weight excluding hydrogens is 1070 g/mol. The van der Waals surface area contributed by atoms with Crippen LogP contribution in [-0.4, -0.2) is 47.4 Å². The fraction of sp³-hybridized carbons (Fsp3) is 0.901. The van der Waals surface area contributed by atoms with Gasteiger partial charge in [0.1, 0.15) is 0 Å². The van der Waals surface area contributed by atoms with Gasteiger partial charge < -0.3 is 20.3 Å². The highest BCUT2D eigenvalue weighted by molar-refractivity contribution is 5.76. The Morgan fingerprint density at radius 3 is 0.897 bits per heavy atom. The summed E-state index contributed by atoms with van der Waals surface area (Å²) in [6.45, 7) is 4.98. The summed E-state index contributed by atoms with van der Waals surface area (Å²) >= 11 is 0. The molecule has 2 unspecified atom stereocenters. The Balaban J connectivity index is 3.35. The van der Waals surface area contributed by atoms with E-state index in [2.05, 4.69) is 55.6 Å². The maximum Gasteiger partial charge on any atom is 0.305 e. The average molecular weight is 1220 g/mol. The van der Waals surface area contributed by atoms with Crippen LogP contribution in [-0.2, 0) is 14.3 Å². The van der Waals surface area contributed by atoms with Crippen LogP contribution in [0.15, 0.2) is 36.5 Å². The van der Waals surface area contributed by atoms with E-state index in [0.29, 0.717) is 25.9 Å². The van der Waals surface area contributed by atoms with E-state index in [4.69, 9.17) is 4.74 Å². The summed E-state index contributed by atoms with van der Waals surface area (Å²) in [6.07, 6.45) is 99.6. The number of nitrogens with one attached hydrogen (secondary N) is 1. The summed E-state index contributed by atoms with van der Waals surface area (Å²) < 4.78 is 5.49. The van der Waals surface area contributed by atoms with Crippen molar-refractivity contribution in [2.45, 2.75) is 456 Å². The van der Waals surface area contributed by atoms with Crippen LogP contribution in [0.4, 0.5) is 0 Å². The van der Waals surface area contributed by atoms with Crippen LogP contribution < -0.4 is 5.32 Å². The van der Waals surface area contributed by atoms with Crippen molar-refractivity contribution < 1.29 is 24.5 Å². The Bertz CT molecular complexity index is 1410. The van der Waals surface area contributed by atoms with Crippen LogP contribution >= 0.6 is 0 Å². The van der Waals surface area contributed by atoms with Crippen LogP contribution in [0, 0.1) is 0 Å². The number of aliphatic hydroxyl groups is 2. The summed E-state index contributed by atoms with van der Waals surface area (Å²) in [5.74, 6) is -0.0161. The molecule has 0 aliphatic rings. The van der Waals surface area contributed by atoms with Gasteiger partial charge in [-0.25, -0.2) is 0 Å². The van der Waals surface area contributed by atoms with Gasteiger partial charge in [-0.3, -0.25) is 9.59 Å². The van der Waals surface area contributed by atoms with Crippen molar-refractivity contribution in [3.05, 3.63) is 36.5 Å². The average Bonchev–Trinajstić information content (AvgIpc) is 3.55. The minimum Gasteiger partial charge on any atom is -0.466 e. The molecule has 0 fully saturated rings. The van der Waals surface area contributed by atoms with E-state index in [1.807, 2.05) is 0 Å². The SMILES string of the molecule is CCCCCC/C=C\CCCCCCCC(=O)OCCCCCCCCCCCCCCCCC/C=C\C/C=C\CCCCCCCCCCCCCCCCCCCC(=O)NC(CO)C(O)CCCCCCCCCCCCCCCCCCCC. The first-order valence-corrected chi connectivity index (χ1v) is 39.7. The Labute approximate surface area is 544 Å². The Morgan fingerprint density at radius 2 is 0.575 bits per heavy atom. The van der Waals surface area contributed by atoms with Crippen molar-refractivity contribution in [1.29, 1.82) is 0 Å². The van der Waals surface area contributed by atoms with Crippen LogP contribution in [0.3, 0.4) is 0 Å². The molecule has 0 aromatic heterocycles. The number of allylic oxidation sites excluding steroid dienone is 6. The molecule has 0 saturated heterocycles. The van der Waals surface area contributed by atoms with E-state index < -0.39 is 12.1 Å². The van der Waals surface area contributed by atoms with Crippen molar-refractivity contribution in [3.63, 3.8) is 0 Å². The first-order chi connectivity index (χ1) is 43.0. The number of aliphatic hydroxyl groups excluding tert-OH is 2. The van der Waals surface area contributed by atoms with Gasteiger partial charge in [0.15, 0.2) is 0 Å². The zero-order chi connectivity index (χ0) is 62.8. The lowest BCUT2D eigenvalue weighted by Crippen LogP contribution is -2.45. The predicted octanol–water partition coefficient (Wildman–Crippen LogP) is 26.2. The number of amides is 1. The fourth-order valence-corrected chi connectivity index (χ4v) is 12.6. The highest BCUT2D eigenvalue weighted by atomic mass is 16.5. The third-order valence-electron chi connectivity index (χ3n) is 18.7. The summed E-state index contributed by atoms with van der Waals surface area (Å²) in [7, 11) is 0. The van der Waals surface area contributed by atoms with Crippen LogP contribution in [0.25, 0.3) is 0 Å². The first-order valence-electron chi connectivity index (χ1n) is 39.7. The molecule has 0 aliphatic carbocycles. The van der Waals surface area contributed by atoms with E-state index >= 15 is 0 Å². The van der Waals surface area contributed by atoms with Crippen molar-refractivity contribution >= 4 is 11.9 Å². The van der Waals surface area contributed by atoms with Crippen molar-refractivity contribution in [2.75, 3.05) is 13.2 Å². The van der Waals surface area contributed by atoms with Gasteiger partial charge in [-0.15, -0.1) is 0 Å². The number of unbranched alkanes of at least 4 members (excludes halogenated alkanes) is 58. The number of rotatable bonds is 75. The maximum absolute atomic E-state index is 12.5. The van der Waals surface area contributed by atoms with Gasteiger partial charge in [0.05, 0.1) is 25.4 Å². The molecule has 1 amide bonds. The Kier molecular flexibility index (Phi) is 74.8. The van der Waals surface area contributed by atoms with Gasteiger partial charge in [0, 0.05) is 12.8 Å². The third-order valence-corrected chi connectivity index (χ3v) is 18.7. The number of hydrogen-bond donors (Lipinski definition) is 3. The Hall–Kier alpha value is -1.92. The topological polar surface area (TPSA) is 95.9 Å². The molecule has 514 valence electrons. The zero-order valence-corrected chi connectivity index (χ0v) is 59.0. The lowest BCUT2D eigenvalue weighted by Gasteiger charge is -2.22. The lowest BCUT2D eigenvalue weighted by molar-refractivity contribution is -0.143. The molecule has 87 heavy (non-hydrogen) atoms. The second-order valence-electron chi connectivity index (χ2n) is 27.4. The predicted molar refractivity (Wildman–Crippen MR) is 384 cm³/mol. The second-order valence-corrected chi connectivity index (χ2v) is 27.4. The van der Waals surface area contributed by atoms with Gasteiger partial charge in [-0.1, -0.05) is 384 Å². The molecular formula is C81H155NO5.